The maximum atomic E-state index is 6.08. The minimum atomic E-state index is -0.0356. The molecule has 15 heavy (non-hydrogen) atoms. The summed E-state index contributed by atoms with van der Waals surface area (Å²) in [5.41, 5.74) is -0.0146. The molecule has 0 saturated carbocycles. The maximum Gasteiger partial charge on any atom is 0.0787 e. The van der Waals surface area contributed by atoms with E-state index >= 15 is 0 Å². The van der Waals surface area contributed by atoms with Gasteiger partial charge in [0.2, 0.25) is 0 Å². The quantitative estimate of drug-likeness (QED) is 0.775. The number of rotatable bonds is 4. The van der Waals surface area contributed by atoms with Crippen LogP contribution in [0.1, 0.15) is 60.8 Å². The van der Waals surface area contributed by atoms with Gasteiger partial charge in [0.05, 0.1) is 11.2 Å². The van der Waals surface area contributed by atoms with Crippen LogP contribution in [0.25, 0.3) is 0 Å². The van der Waals surface area contributed by atoms with Gasteiger partial charge >= 0.3 is 0 Å². The zero-order valence-corrected chi connectivity index (χ0v) is 11.2. The lowest BCUT2D eigenvalue weighted by Crippen LogP contribution is -2.47. The minimum Gasteiger partial charge on any atom is -0.368 e. The first-order chi connectivity index (χ1) is 6.80. The zero-order chi connectivity index (χ0) is 11.7. The van der Waals surface area contributed by atoms with E-state index in [-0.39, 0.29) is 11.2 Å². The van der Waals surface area contributed by atoms with Gasteiger partial charge in [0.25, 0.3) is 0 Å². The second kappa shape index (κ2) is 4.42. The Kier molecular flexibility index (Phi) is 3.83. The van der Waals surface area contributed by atoms with Crippen molar-refractivity contribution in [1.82, 2.24) is 5.32 Å². The molecule has 2 heteroatoms. The molecule has 0 unspecified atom stereocenters. The molecule has 2 nitrogen and oxygen atoms in total. The van der Waals surface area contributed by atoms with E-state index < -0.39 is 0 Å². The van der Waals surface area contributed by atoms with Crippen LogP contribution >= 0.6 is 0 Å². The molecule has 1 aliphatic rings. The molecule has 1 rings (SSSR count). The van der Waals surface area contributed by atoms with Crippen molar-refractivity contribution < 1.29 is 4.74 Å². The van der Waals surface area contributed by atoms with Gasteiger partial charge in [-0.2, -0.15) is 0 Å². The molecule has 0 amide bonds. The fraction of sp³-hybridized carbons (Fsp3) is 1.00. The van der Waals surface area contributed by atoms with Gasteiger partial charge in [0.15, 0.2) is 0 Å². The first-order valence-corrected chi connectivity index (χ1v) is 6.27. The van der Waals surface area contributed by atoms with Gasteiger partial charge in [0, 0.05) is 12.1 Å². The highest BCUT2D eigenvalue weighted by Gasteiger charge is 2.45. The van der Waals surface area contributed by atoms with Crippen molar-refractivity contribution in [3.8, 4) is 0 Å². The third-order valence-corrected chi connectivity index (χ3v) is 3.50. The van der Waals surface area contributed by atoms with Crippen LogP contribution in [0, 0.1) is 0 Å². The van der Waals surface area contributed by atoms with Gasteiger partial charge < -0.3 is 10.1 Å². The molecular formula is C13H27NO. The summed E-state index contributed by atoms with van der Waals surface area (Å²) >= 11 is 0. The molecule has 0 aliphatic carbocycles. The van der Waals surface area contributed by atoms with Crippen LogP contribution in [0.15, 0.2) is 0 Å². The highest BCUT2D eigenvalue weighted by molar-refractivity contribution is 4.99. The lowest BCUT2D eigenvalue weighted by atomic mass is 9.93. The summed E-state index contributed by atoms with van der Waals surface area (Å²) < 4.78 is 6.08. The average molecular weight is 213 g/mol. The Balaban J connectivity index is 2.62. The summed E-state index contributed by atoms with van der Waals surface area (Å²) in [6.07, 6.45) is 3.50. The van der Waals surface area contributed by atoms with E-state index in [0.717, 1.165) is 6.42 Å². The Morgan fingerprint density at radius 1 is 1.20 bits per heavy atom. The van der Waals surface area contributed by atoms with Crippen molar-refractivity contribution >= 4 is 0 Å². The molecule has 0 radical (unpaired) electrons. The number of nitrogens with one attached hydrogen (secondary N) is 1. The number of hydrogen-bond acceptors (Lipinski definition) is 2. The normalized spacial score (nSPS) is 28.6. The lowest BCUT2D eigenvalue weighted by Gasteiger charge is -2.30. The Hall–Kier alpha value is -0.0800. The molecule has 1 aliphatic heterocycles. The van der Waals surface area contributed by atoms with Crippen molar-refractivity contribution in [3.63, 3.8) is 0 Å². The van der Waals surface area contributed by atoms with Crippen LogP contribution in [-0.2, 0) is 4.74 Å². The monoisotopic (exact) mass is 213 g/mol. The van der Waals surface area contributed by atoms with Crippen LogP contribution in [-0.4, -0.2) is 23.3 Å². The molecule has 1 saturated heterocycles. The first kappa shape index (κ1) is 13.0. The topological polar surface area (TPSA) is 21.3 Å². The van der Waals surface area contributed by atoms with Gasteiger partial charge in [-0.25, -0.2) is 0 Å². The summed E-state index contributed by atoms with van der Waals surface area (Å²) in [4.78, 5) is 0. The molecule has 1 atom stereocenters. The van der Waals surface area contributed by atoms with Crippen LogP contribution in [0.2, 0.25) is 0 Å². The summed E-state index contributed by atoms with van der Waals surface area (Å²) in [6, 6.07) is 1.11. The van der Waals surface area contributed by atoms with Crippen molar-refractivity contribution in [1.29, 1.82) is 0 Å². The van der Waals surface area contributed by atoms with Gasteiger partial charge in [-0.15, -0.1) is 0 Å². The number of ether oxygens (including phenoxy) is 1. The summed E-state index contributed by atoms with van der Waals surface area (Å²) in [5, 5.41) is 3.74. The summed E-state index contributed by atoms with van der Waals surface area (Å²) in [6.45, 7) is 13.3. The zero-order valence-electron chi connectivity index (χ0n) is 11.2. The molecule has 0 aromatic heterocycles. The van der Waals surface area contributed by atoms with Crippen LogP contribution in [0.4, 0.5) is 0 Å². The van der Waals surface area contributed by atoms with E-state index in [1.807, 2.05) is 0 Å². The smallest absolute Gasteiger partial charge is 0.0787 e. The maximum absolute atomic E-state index is 6.08. The van der Waals surface area contributed by atoms with Gasteiger partial charge in [-0.05, 0) is 47.0 Å². The fourth-order valence-corrected chi connectivity index (χ4v) is 2.63. The van der Waals surface area contributed by atoms with Crippen molar-refractivity contribution in [2.75, 3.05) is 0 Å². The molecule has 90 valence electrons. The Morgan fingerprint density at radius 2 is 1.73 bits per heavy atom. The minimum absolute atomic E-state index is 0.0210. The summed E-state index contributed by atoms with van der Waals surface area (Å²) in [7, 11) is 0. The van der Waals surface area contributed by atoms with Crippen LogP contribution < -0.4 is 5.32 Å². The highest BCUT2D eigenvalue weighted by Crippen LogP contribution is 2.37. The Bertz CT molecular complexity index is 207. The molecule has 1 heterocycles. The van der Waals surface area contributed by atoms with E-state index in [0.29, 0.717) is 12.1 Å². The third-order valence-electron chi connectivity index (χ3n) is 3.50. The largest absolute Gasteiger partial charge is 0.368 e. The standard InChI is InChI=1S/C13H27NO/c1-7-10(8-2)14-11-9-12(3,4)15-13(11,5)6/h10-11,14H,7-9H2,1-6H3/t11-/m0/s1. The van der Waals surface area contributed by atoms with Crippen molar-refractivity contribution in [2.45, 2.75) is 84.1 Å². The van der Waals surface area contributed by atoms with Crippen molar-refractivity contribution in [3.05, 3.63) is 0 Å². The molecule has 1 fully saturated rings. The van der Waals surface area contributed by atoms with Gasteiger partial charge in [0.1, 0.15) is 0 Å². The molecule has 1 N–H and O–H groups in total. The molecule has 0 aromatic rings. The predicted molar refractivity (Wildman–Crippen MR) is 65.2 cm³/mol. The Morgan fingerprint density at radius 3 is 2.07 bits per heavy atom. The third kappa shape index (κ3) is 3.18. The fourth-order valence-electron chi connectivity index (χ4n) is 2.63. The van der Waals surface area contributed by atoms with E-state index in [4.69, 9.17) is 4.74 Å². The Labute approximate surface area is 94.8 Å². The van der Waals surface area contributed by atoms with Crippen LogP contribution in [0.3, 0.4) is 0 Å². The summed E-state index contributed by atoms with van der Waals surface area (Å²) in [5.74, 6) is 0. The second-order valence-corrected chi connectivity index (χ2v) is 5.90. The number of hydrogen-bond donors (Lipinski definition) is 1. The molecular weight excluding hydrogens is 186 g/mol. The van der Waals surface area contributed by atoms with Gasteiger partial charge in [-0.3, -0.25) is 0 Å². The lowest BCUT2D eigenvalue weighted by molar-refractivity contribution is -0.0705. The van der Waals surface area contributed by atoms with E-state index in [2.05, 4.69) is 46.9 Å². The van der Waals surface area contributed by atoms with E-state index in [1.165, 1.54) is 12.8 Å². The predicted octanol–water partition coefficient (Wildman–Crippen LogP) is 3.11. The molecule has 0 bridgehead atoms. The van der Waals surface area contributed by atoms with Gasteiger partial charge in [-0.1, -0.05) is 13.8 Å². The highest BCUT2D eigenvalue weighted by atomic mass is 16.5. The van der Waals surface area contributed by atoms with E-state index in [1.54, 1.807) is 0 Å². The average Bonchev–Trinajstić information content (AvgIpc) is 2.30. The SMILES string of the molecule is CCC(CC)N[C@H]1CC(C)(C)OC1(C)C. The first-order valence-electron chi connectivity index (χ1n) is 6.27. The van der Waals surface area contributed by atoms with Crippen molar-refractivity contribution in [2.24, 2.45) is 0 Å². The second-order valence-electron chi connectivity index (χ2n) is 5.90. The van der Waals surface area contributed by atoms with Crippen LogP contribution in [0.5, 0.6) is 0 Å². The molecule has 0 spiro atoms. The molecule has 0 aromatic carbocycles. The van der Waals surface area contributed by atoms with E-state index in [9.17, 15) is 0 Å².